The maximum Gasteiger partial charge on any atom is 0.262 e. The molecule has 2 amide bonds. The number of amides is 2. The Balaban J connectivity index is 1.67. The van der Waals surface area contributed by atoms with Crippen LogP contribution in [0.1, 0.15) is 20.7 Å². The summed E-state index contributed by atoms with van der Waals surface area (Å²) in [6.45, 7) is 0. The van der Waals surface area contributed by atoms with E-state index < -0.39 is 27.4 Å². The van der Waals surface area contributed by atoms with Gasteiger partial charge in [-0.2, -0.15) is 0 Å². The molecule has 4 rings (SSSR count). The predicted octanol–water partition coefficient (Wildman–Crippen LogP) is 1.11. The molecule has 0 saturated carbocycles. The number of nitrogen functional groups attached to an aromatic ring is 1. The summed E-state index contributed by atoms with van der Waals surface area (Å²) >= 11 is 0. The fraction of sp³-hybridized carbons (Fsp3) is 0.0500. The lowest BCUT2D eigenvalue weighted by Crippen LogP contribution is -2.24. The summed E-state index contributed by atoms with van der Waals surface area (Å²) in [5.41, 5.74) is 5.75. The molecule has 1 aliphatic rings. The van der Waals surface area contributed by atoms with Crippen LogP contribution in [0, 0.1) is 0 Å². The lowest BCUT2D eigenvalue weighted by molar-refractivity contribution is 0.0880. The van der Waals surface area contributed by atoms with Crippen molar-refractivity contribution in [3.05, 3.63) is 76.1 Å². The molecule has 0 spiro atoms. The topological polar surface area (TPSA) is 150 Å². The number of anilines is 2. The van der Waals surface area contributed by atoms with Gasteiger partial charge in [0.05, 0.1) is 28.8 Å². The van der Waals surface area contributed by atoms with Crippen LogP contribution in [0.25, 0.3) is 5.69 Å². The number of benzene rings is 2. The largest absolute Gasteiger partial charge is 0.497 e. The molecule has 0 fully saturated rings. The van der Waals surface area contributed by atoms with Crippen molar-refractivity contribution < 1.29 is 22.7 Å². The first kappa shape index (κ1) is 20.2. The highest BCUT2D eigenvalue weighted by Gasteiger charge is 2.31. The number of carbonyl (C=O) groups is 2. The average Bonchev–Trinajstić information content (AvgIpc) is 3.02. The van der Waals surface area contributed by atoms with Crippen LogP contribution in [0.5, 0.6) is 5.75 Å². The molecule has 0 atom stereocenters. The molecule has 2 heterocycles. The minimum absolute atomic E-state index is 0.0484. The molecule has 31 heavy (non-hydrogen) atoms. The van der Waals surface area contributed by atoms with E-state index in [1.807, 2.05) is 0 Å². The number of nitrogens with two attached hydrogens (primary N) is 1. The minimum Gasteiger partial charge on any atom is -0.497 e. The number of rotatable bonds is 5. The number of hydrogen-bond donors (Lipinski definition) is 3. The number of nitrogens with one attached hydrogen (secondary N) is 2. The van der Waals surface area contributed by atoms with E-state index in [0.29, 0.717) is 11.4 Å². The maximum atomic E-state index is 12.6. The summed E-state index contributed by atoms with van der Waals surface area (Å²) in [4.78, 5) is 36.2. The Morgan fingerprint density at radius 2 is 1.61 bits per heavy atom. The molecule has 0 aliphatic carbocycles. The number of sulfonamides is 1. The van der Waals surface area contributed by atoms with Crippen LogP contribution in [-0.4, -0.2) is 31.9 Å². The normalized spacial score (nSPS) is 12.9. The van der Waals surface area contributed by atoms with Crippen molar-refractivity contribution in [1.82, 2.24) is 9.88 Å². The van der Waals surface area contributed by atoms with Crippen LogP contribution >= 0.6 is 0 Å². The molecule has 0 saturated heterocycles. The number of hydrogen-bond acceptors (Lipinski definition) is 7. The third-order valence-corrected chi connectivity index (χ3v) is 6.10. The second-order valence-corrected chi connectivity index (χ2v) is 8.29. The van der Waals surface area contributed by atoms with Crippen LogP contribution in [0.3, 0.4) is 0 Å². The van der Waals surface area contributed by atoms with Gasteiger partial charge < -0.3 is 10.5 Å². The van der Waals surface area contributed by atoms with E-state index in [0.717, 1.165) is 10.6 Å². The van der Waals surface area contributed by atoms with Crippen LogP contribution in [-0.2, 0) is 10.0 Å². The van der Waals surface area contributed by atoms with Crippen molar-refractivity contribution in [3.8, 4) is 11.4 Å². The van der Waals surface area contributed by atoms with E-state index >= 15 is 0 Å². The number of methoxy groups -OCH3 is 1. The van der Waals surface area contributed by atoms with E-state index in [4.69, 9.17) is 10.5 Å². The van der Waals surface area contributed by atoms with Crippen molar-refractivity contribution >= 4 is 33.3 Å². The smallest absolute Gasteiger partial charge is 0.262 e. The summed E-state index contributed by atoms with van der Waals surface area (Å²) < 4.78 is 33.8. The van der Waals surface area contributed by atoms with Gasteiger partial charge in [-0.25, -0.2) is 8.42 Å². The number of fused-ring (bicyclic) bond motifs is 1. The van der Waals surface area contributed by atoms with Gasteiger partial charge in [0.15, 0.2) is 0 Å². The molecule has 0 bridgehead atoms. The van der Waals surface area contributed by atoms with Crippen LogP contribution in [0.4, 0.5) is 11.5 Å². The first-order valence-corrected chi connectivity index (χ1v) is 10.4. The molecule has 0 unspecified atom stereocenters. The second kappa shape index (κ2) is 7.29. The summed E-state index contributed by atoms with van der Waals surface area (Å²) in [7, 11) is -2.39. The maximum absolute atomic E-state index is 12.6. The number of carbonyl (C=O) groups excluding carboxylic acids is 2. The van der Waals surface area contributed by atoms with E-state index in [1.165, 1.54) is 31.4 Å². The number of aromatic nitrogens is 1. The lowest BCUT2D eigenvalue weighted by Gasteiger charge is -2.13. The van der Waals surface area contributed by atoms with Crippen molar-refractivity contribution in [3.63, 3.8) is 0 Å². The minimum atomic E-state index is -3.90. The van der Waals surface area contributed by atoms with Gasteiger partial charge in [0, 0.05) is 11.8 Å². The highest BCUT2D eigenvalue weighted by Crippen LogP contribution is 2.24. The van der Waals surface area contributed by atoms with Gasteiger partial charge in [0.2, 0.25) is 0 Å². The zero-order chi connectivity index (χ0) is 22.3. The van der Waals surface area contributed by atoms with Crippen molar-refractivity contribution in [1.29, 1.82) is 0 Å². The third kappa shape index (κ3) is 3.51. The lowest BCUT2D eigenvalue weighted by atomic mass is 10.1. The molecular weight excluding hydrogens is 424 g/mol. The molecule has 158 valence electrons. The van der Waals surface area contributed by atoms with E-state index in [1.54, 1.807) is 24.3 Å². The van der Waals surface area contributed by atoms with Gasteiger partial charge in [-0.3, -0.25) is 29.0 Å². The third-order valence-electron chi connectivity index (χ3n) is 4.70. The Bertz CT molecular complexity index is 1380. The standard InChI is InChI=1S/C20H16N4O6S/c1-30-13-6-2-11(3-7-13)23-31(28,29)14-8-4-12(5-9-14)24-16(25)10-15-17(18(24)21)20(27)22-19(15)26/h2-10,23H,21H2,1H3,(H,22,26,27). The molecule has 0 radical (unpaired) electrons. The Kier molecular flexibility index (Phi) is 4.74. The Hall–Kier alpha value is -4.12. The zero-order valence-corrected chi connectivity index (χ0v) is 16.9. The van der Waals surface area contributed by atoms with Crippen molar-refractivity contribution in [2.45, 2.75) is 4.90 Å². The number of imide groups is 1. The van der Waals surface area contributed by atoms with Gasteiger partial charge in [0.25, 0.3) is 27.4 Å². The van der Waals surface area contributed by atoms with Crippen LogP contribution < -0.4 is 26.1 Å². The summed E-state index contributed by atoms with van der Waals surface area (Å²) in [5, 5.41) is 2.08. The molecule has 1 aromatic heterocycles. The Labute approximate surface area is 176 Å². The van der Waals surface area contributed by atoms with Crippen molar-refractivity contribution in [2.24, 2.45) is 0 Å². The molecule has 11 heteroatoms. The molecule has 3 aromatic rings. The van der Waals surface area contributed by atoms with E-state index in [-0.39, 0.29) is 27.5 Å². The molecule has 2 aromatic carbocycles. The fourth-order valence-corrected chi connectivity index (χ4v) is 4.25. The molecule has 10 nitrogen and oxygen atoms in total. The van der Waals surface area contributed by atoms with Gasteiger partial charge >= 0.3 is 0 Å². The quantitative estimate of drug-likeness (QED) is 0.503. The SMILES string of the molecule is COc1ccc(NS(=O)(=O)c2ccc(-n3c(N)c4c(cc3=O)C(=O)NC4=O)cc2)cc1. The highest BCUT2D eigenvalue weighted by atomic mass is 32.2. The van der Waals surface area contributed by atoms with Gasteiger partial charge in [0.1, 0.15) is 11.6 Å². The number of ether oxygens (including phenoxy) is 1. The molecule has 1 aliphatic heterocycles. The van der Waals surface area contributed by atoms with Crippen LogP contribution in [0.2, 0.25) is 0 Å². The Morgan fingerprint density at radius 1 is 0.968 bits per heavy atom. The summed E-state index contributed by atoms with van der Waals surface area (Å²) in [6.07, 6.45) is 0. The van der Waals surface area contributed by atoms with Crippen LogP contribution in [0.15, 0.2) is 64.3 Å². The van der Waals surface area contributed by atoms with E-state index in [9.17, 15) is 22.8 Å². The van der Waals surface area contributed by atoms with Gasteiger partial charge in [-0.15, -0.1) is 0 Å². The first-order chi connectivity index (χ1) is 14.7. The van der Waals surface area contributed by atoms with Crippen molar-refractivity contribution in [2.75, 3.05) is 17.6 Å². The fourth-order valence-electron chi connectivity index (χ4n) is 3.19. The van der Waals surface area contributed by atoms with E-state index in [2.05, 4.69) is 10.0 Å². The summed E-state index contributed by atoms with van der Waals surface area (Å²) in [5.74, 6) is -1.02. The average molecular weight is 440 g/mol. The second-order valence-electron chi connectivity index (χ2n) is 6.60. The number of nitrogens with zero attached hydrogens (tertiary/aromatic N) is 1. The zero-order valence-electron chi connectivity index (χ0n) is 16.1. The molecule has 4 N–H and O–H groups in total. The number of pyridine rings is 1. The Morgan fingerprint density at radius 3 is 2.23 bits per heavy atom. The summed E-state index contributed by atoms with van der Waals surface area (Å²) in [6, 6.07) is 12.7. The predicted molar refractivity (Wildman–Crippen MR) is 112 cm³/mol. The highest BCUT2D eigenvalue weighted by molar-refractivity contribution is 7.92. The monoisotopic (exact) mass is 440 g/mol. The molecular formula is C20H16N4O6S. The van der Waals surface area contributed by atoms with Gasteiger partial charge in [-0.1, -0.05) is 0 Å². The van der Waals surface area contributed by atoms with Gasteiger partial charge in [-0.05, 0) is 48.5 Å². The first-order valence-electron chi connectivity index (χ1n) is 8.90.